The lowest BCUT2D eigenvalue weighted by Crippen LogP contribution is -2.59. The molecular formula is C47H60F2N6O10S. The Kier molecular flexibility index (Phi) is 13.6. The summed E-state index contributed by atoms with van der Waals surface area (Å²) >= 11 is 0. The highest BCUT2D eigenvalue weighted by Crippen LogP contribution is 2.46. The lowest BCUT2D eigenvalue weighted by Gasteiger charge is -2.35. The summed E-state index contributed by atoms with van der Waals surface area (Å²) < 4.78 is 80.5. The molecule has 7 atom stereocenters. The van der Waals surface area contributed by atoms with Gasteiger partial charge < -0.3 is 34.5 Å². The number of sulfonamides is 1. The number of allylic oxidation sites excluding steroid dienone is 1. The number of carbonyl (C=O) groups excluding carboxylic acids is 4. The van der Waals surface area contributed by atoms with Crippen LogP contribution in [0.5, 0.6) is 17.4 Å². The number of rotatable bonds is 12. The van der Waals surface area contributed by atoms with Crippen molar-refractivity contribution >= 4 is 44.6 Å². The minimum Gasteiger partial charge on any atom is -0.497 e. The molecule has 1 saturated heterocycles. The van der Waals surface area contributed by atoms with Crippen LogP contribution in [0, 0.1) is 17.8 Å². The van der Waals surface area contributed by atoms with Crippen molar-refractivity contribution in [3.8, 4) is 28.8 Å². The van der Waals surface area contributed by atoms with E-state index in [9.17, 15) is 31.6 Å². The zero-order valence-electron chi connectivity index (χ0n) is 38.6. The maximum Gasteiger partial charge on any atom is 0.408 e. The van der Waals surface area contributed by atoms with E-state index in [2.05, 4.69) is 20.3 Å². The van der Waals surface area contributed by atoms with E-state index in [1.54, 1.807) is 50.6 Å². The Morgan fingerprint density at radius 2 is 1.73 bits per heavy atom. The molecule has 3 aromatic rings. The molecule has 4 aliphatic rings. The zero-order valence-corrected chi connectivity index (χ0v) is 39.4. The third-order valence-corrected chi connectivity index (χ3v) is 14.8. The molecule has 4 heterocycles. The molecule has 0 bridgehead atoms. The number of hydrogen-bond acceptors (Lipinski definition) is 12. The smallest absolute Gasteiger partial charge is 0.408 e. The van der Waals surface area contributed by atoms with Crippen molar-refractivity contribution in [3.05, 3.63) is 54.7 Å². The van der Waals surface area contributed by atoms with Crippen LogP contribution in [0.3, 0.4) is 0 Å². The van der Waals surface area contributed by atoms with Crippen molar-refractivity contribution in [2.45, 2.75) is 140 Å². The van der Waals surface area contributed by atoms with Crippen LogP contribution in [0.2, 0.25) is 0 Å². The van der Waals surface area contributed by atoms with E-state index in [4.69, 9.17) is 23.9 Å². The van der Waals surface area contributed by atoms with Gasteiger partial charge in [0, 0.05) is 24.6 Å². The van der Waals surface area contributed by atoms with E-state index in [0.717, 1.165) is 13.8 Å². The second-order valence-electron chi connectivity index (χ2n) is 19.1. The molecule has 3 N–H and O–H groups in total. The molecular weight excluding hydrogens is 879 g/mol. The predicted molar refractivity (Wildman–Crippen MR) is 240 cm³/mol. The number of nitrogens with one attached hydrogen (secondary N) is 3. The fourth-order valence-electron chi connectivity index (χ4n) is 8.56. The van der Waals surface area contributed by atoms with Gasteiger partial charge in [-0.25, -0.2) is 27.0 Å². The molecule has 2 saturated carbocycles. The second kappa shape index (κ2) is 18.6. The average molecular weight is 939 g/mol. The van der Waals surface area contributed by atoms with Crippen molar-refractivity contribution in [2.24, 2.45) is 17.8 Å². The Morgan fingerprint density at radius 3 is 2.38 bits per heavy atom. The normalized spacial score (nSPS) is 26.8. The van der Waals surface area contributed by atoms with Gasteiger partial charge in [-0.15, -0.1) is 0 Å². The number of pyridine rings is 2. The topological polar surface area (TPSA) is 204 Å². The van der Waals surface area contributed by atoms with Gasteiger partial charge in [-0.1, -0.05) is 26.0 Å². The molecule has 1 aromatic carbocycles. The van der Waals surface area contributed by atoms with Crippen LogP contribution in [0.1, 0.15) is 93.4 Å². The molecule has 7 rings (SSSR count). The molecule has 0 spiro atoms. The van der Waals surface area contributed by atoms with Crippen LogP contribution >= 0.6 is 0 Å². The largest absolute Gasteiger partial charge is 0.497 e. The summed E-state index contributed by atoms with van der Waals surface area (Å²) in [6.45, 7) is 10.1. The summed E-state index contributed by atoms with van der Waals surface area (Å²) in [5.74, 6) is -5.59. The molecule has 4 amide bonds. The van der Waals surface area contributed by atoms with E-state index < -0.39 is 86.2 Å². The fraction of sp³-hybridized carbons (Fsp3) is 0.574. The fourth-order valence-corrected chi connectivity index (χ4v) is 9.92. The number of halogens is 2. The second-order valence-corrected chi connectivity index (χ2v) is 21.1. The Bertz CT molecular complexity index is 2480. The first kappa shape index (κ1) is 48.3. The predicted octanol–water partition coefficient (Wildman–Crippen LogP) is 6.47. The summed E-state index contributed by atoms with van der Waals surface area (Å²) in [6, 6.07) is 8.02. The van der Waals surface area contributed by atoms with Crippen LogP contribution in [0.25, 0.3) is 22.2 Å². The molecule has 2 aromatic heterocycles. The van der Waals surface area contributed by atoms with Crippen molar-refractivity contribution in [3.63, 3.8) is 0 Å². The first-order valence-corrected chi connectivity index (χ1v) is 24.1. The lowest BCUT2D eigenvalue weighted by atomic mass is 9.88. The average Bonchev–Trinajstić information content (AvgIpc) is 4.17. The molecule has 16 nitrogen and oxygen atoms in total. The highest BCUT2D eigenvalue weighted by atomic mass is 32.2. The number of alkyl carbamates (subject to hydrolysis) is 1. The van der Waals surface area contributed by atoms with Crippen molar-refractivity contribution < 1.29 is 55.3 Å². The van der Waals surface area contributed by atoms with Gasteiger partial charge in [0.1, 0.15) is 35.2 Å². The molecule has 19 heteroatoms. The summed E-state index contributed by atoms with van der Waals surface area (Å²) in [5, 5.41) is 5.99. The minimum atomic E-state index is -3.99. The number of carbonyl (C=O) groups is 4. The molecule has 2 aliphatic carbocycles. The maximum absolute atomic E-state index is 15.1. The number of fused-ring (bicyclic) bond motifs is 3. The van der Waals surface area contributed by atoms with E-state index in [0.29, 0.717) is 72.7 Å². The first-order chi connectivity index (χ1) is 31.0. The molecule has 1 unspecified atom stereocenters. The van der Waals surface area contributed by atoms with Gasteiger partial charge in [0.15, 0.2) is 5.60 Å². The molecule has 3 fully saturated rings. The number of ether oxygens (including phenoxy) is 4. The number of methoxy groups -OCH3 is 1. The Hall–Kier alpha value is -5.59. The van der Waals surface area contributed by atoms with Gasteiger partial charge in [0.25, 0.3) is 11.8 Å². The zero-order chi connectivity index (χ0) is 47.9. The van der Waals surface area contributed by atoms with Gasteiger partial charge in [-0.2, -0.15) is 0 Å². The third-order valence-electron chi connectivity index (χ3n) is 12.9. The summed E-state index contributed by atoms with van der Waals surface area (Å²) in [4.78, 5) is 68.0. The standard InChI is InChI=1S/C47H60F2N6O10S/c1-26(2)63-32-14-18-36(50-24-32)37-21-29-20-31(62-8)13-17-35(29)41(51-37)64-33-22-38-40(56)53-47(43(58)54-66(60,61)34-15-16-34)23-30(47)12-10-9-11-27(3)19-28(4)39(42(57)55(38)25-33)52-44(59)65-45(5,6)46(7,48)49/h10,12-14,17-18,20-21,24,26-28,30,33-34,38-39H,9,11,15-16,19,22-23,25H2,1-8H3,(H,52,59)(H,53,56)(H,54,58)/b12-10-/t27-,28-,30-,33-,38+,39?,47-/m1/s1. The molecule has 66 heavy (non-hydrogen) atoms. The van der Waals surface area contributed by atoms with Crippen LogP contribution in [0.15, 0.2) is 54.7 Å². The Balaban J connectivity index is 1.26. The number of benzene rings is 1. The highest BCUT2D eigenvalue weighted by Gasteiger charge is 2.62. The maximum atomic E-state index is 15.1. The van der Waals surface area contributed by atoms with Gasteiger partial charge in [-0.3, -0.25) is 24.1 Å². The molecule has 2 aliphatic heterocycles. The molecule has 358 valence electrons. The van der Waals surface area contributed by atoms with Crippen LogP contribution < -0.4 is 29.6 Å². The highest BCUT2D eigenvalue weighted by molar-refractivity contribution is 7.91. The van der Waals surface area contributed by atoms with E-state index >= 15 is 4.79 Å². The number of amides is 4. The van der Waals surface area contributed by atoms with Crippen molar-refractivity contribution in [1.29, 1.82) is 0 Å². The minimum absolute atomic E-state index is 0.000784. The Labute approximate surface area is 384 Å². The summed E-state index contributed by atoms with van der Waals surface area (Å²) in [6.07, 6.45) is 5.55. The SMILES string of the molecule is COc1ccc2c(O[C@@H]3C[C@H]4C(=O)N[C@]5(C(=O)NS(=O)(=O)C6CC6)C[C@H]5/C=C\CC[C@@H](C)C[C@@H](C)C(NC(=O)OC(C)(C)C(C)(F)F)C(=O)N4C3)nc(-c3ccc(OC(C)C)cn3)cc2c1. The van der Waals surface area contributed by atoms with E-state index in [1.807, 2.05) is 39.0 Å². The van der Waals surface area contributed by atoms with Crippen LogP contribution in [-0.4, -0.2) is 107 Å². The van der Waals surface area contributed by atoms with Crippen molar-refractivity contribution in [1.82, 2.24) is 30.2 Å². The number of aromatic nitrogens is 2. The summed E-state index contributed by atoms with van der Waals surface area (Å²) in [7, 11) is -2.45. The van der Waals surface area contributed by atoms with E-state index in [-0.39, 0.29) is 37.3 Å². The van der Waals surface area contributed by atoms with Crippen LogP contribution in [0.4, 0.5) is 13.6 Å². The number of alkyl halides is 2. The third kappa shape index (κ3) is 10.7. The first-order valence-electron chi connectivity index (χ1n) is 22.5. The van der Waals surface area contributed by atoms with Gasteiger partial charge >= 0.3 is 6.09 Å². The number of hydrogen-bond donors (Lipinski definition) is 3. The monoisotopic (exact) mass is 938 g/mol. The summed E-state index contributed by atoms with van der Waals surface area (Å²) in [5.41, 5.74) is -2.93. The quantitative estimate of drug-likeness (QED) is 0.167. The van der Waals surface area contributed by atoms with E-state index in [1.165, 1.54) is 4.90 Å². The van der Waals surface area contributed by atoms with Crippen molar-refractivity contribution in [2.75, 3.05) is 13.7 Å². The van der Waals surface area contributed by atoms with Gasteiger partial charge in [0.05, 0.1) is 42.6 Å². The molecule has 0 radical (unpaired) electrons. The lowest BCUT2D eigenvalue weighted by molar-refractivity contribution is -0.152. The van der Waals surface area contributed by atoms with Gasteiger partial charge in [0.2, 0.25) is 27.7 Å². The van der Waals surface area contributed by atoms with Crippen LogP contribution in [-0.2, 0) is 29.1 Å². The van der Waals surface area contributed by atoms with Gasteiger partial charge in [-0.05, 0) is 120 Å². The number of nitrogens with zero attached hydrogens (tertiary/aromatic N) is 3. The Morgan fingerprint density at radius 1 is 1.00 bits per heavy atom.